The van der Waals surface area contributed by atoms with Crippen LogP contribution in [-0.2, 0) is 42.8 Å². The molecule has 0 aromatic heterocycles. The molecule has 8 rings (SSSR count). The third-order valence-corrected chi connectivity index (χ3v) is 11.3. The van der Waals surface area contributed by atoms with Crippen molar-refractivity contribution in [1.82, 2.24) is 0 Å². The van der Waals surface area contributed by atoms with E-state index in [2.05, 4.69) is 0 Å². The van der Waals surface area contributed by atoms with Gasteiger partial charge in [-0.1, -0.05) is 0 Å². The number of phenols is 11. The molecule has 28 nitrogen and oxygen atoms in total. The lowest BCUT2D eigenvalue weighted by molar-refractivity contribution is -0.287. The maximum absolute atomic E-state index is 14.6. The van der Waals surface area contributed by atoms with Crippen molar-refractivity contribution in [3.8, 4) is 80.1 Å². The van der Waals surface area contributed by atoms with E-state index in [-0.39, 0.29) is 0 Å². The lowest BCUT2D eigenvalue weighted by Crippen LogP contribution is -2.63. The van der Waals surface area contributed by atoms with Gasteiger partial charge in [-0.2, -0.15) is 0 Å². The molecular formula is C41H30O28. The summed E-state index contributed by atoms with van der Waals surface area (Å²) >= 11 is 0. The van der Waals surface area contributed by atoms with Crippen LogP contribution in [0.3, 0.4) is 0 Å². The predicted molar refractivity (Wildman–Crippen MR) is 207 cm³/mol. The Balaban J connectivity index is 1.40. The molecular weight excluding hydrogens is 940 g/mol. The summed E-state index contributed by atoms with van der Waals surface area (Å²) in [6.07, 6.45) is -14.2. The molecule has 28 heteroatoms. The molecule has 1 fully saturated rings. The van der Waals surface area contributed by atoms with Crippen LogP contribution in [0.1, 0.15) is 59.3 Å². The third-order valence-electron chi connectivity index (χ3n) is 11.3. The van der Waals surface area contributed by atoms with Gasteiger partial charge < -0.3 is 105 Å². The lowest BCUT2D eigenvalue weighted by Gasteiger charge is -2.44. The summed E-state index contributed by atoms with van der Waals surface area (Å²) < 4.78 is 38.8. The van der Waals surface area contributed by atoms with Crippen molar-refractivity contribution in [3.05, 3.63) is 58.1 Å². The average Bonchev–Trinajstić information content (AvgIpc) is 3.60. The zero-order valence-corrected chi connectivity index (χ0v) is 33.8. The van der Waals surface area contributed by atoms with Crippen LogP contribution in [0.15, 0.2) is 30.3 Å². The van der Waals surface area contributed by atoms with E-state index in [1.54, 1.807) is 0 Å². The summed E-state index contributed by atoms with van der Waals surface area (Å²) in [5.41, 5.74) is -7.49. The van der Waals surface area contributed by atoms with E-state index in [1.165, 1.54) is 0 Å². The van der Waals surface area contributed by atoms with Crippen molar-refractivity contribution in [3.63, 3.8) is 0 Å². The van der Waals surface area contributed by atoms with Gasteiger partial charge in [0.25, 0.3) is 0 Å². The van der Waals surface area contributed by atoms with Crippen LogP contribution in [0.5, 0.6) is 69.0 Å². The van der Waals surface area contributed by atoms with Crippen LogP contribution < -0.4 is 4.74 Å². The van der Waals surface area contributed by atoms with E-state index >= 15 is 0 Å². The van der Waals surface area contributed by atoms with Crippen LogP contribution in [0.2, 0.25) is 0 Å². The molecule has 362 valence electrons. The number of rotatable bonds is 5. The first-order valence-corrected chi connectivity index (χ1v) is 19.3. The molecule has 0 saturated carbocycles. The van der Waals surface area contributed by atoms with E-state index in [0.29, 0.717) is 30.3 Å². The van der Waals surface area contributed by atoms with Crippen molar-refractivity contribution in [2.24, 2.45) is 5.92 Å². The molecule has 0 unspecified atom stereocenters. The fourth-order valence-electron chi connectivity index (χ4n) is 8.17. The maximum atomic E-state index is 14.6. The molecule has 0 amide bonds. The second kappa shape index (κ2) is 16.2. The van der Waals surface area contributed by atoms with Crippen molar-refractivity contribution in [2.45, 2.75) is 48.8 Å². The van der Waals surface area contributed by atoms with E-state index in [0.717, 1.165) is 0 Å². The van der Waals surface area contributed by atoms with Crippen LogP contribution in [0.25, 0.3) is 11.1 Å². The summed E-state index contributed by atoms with van der Waals surface area (Å²) in [4.78, 5) is 96.7. The van der Waals surface area contributed by atoms with Crippen molar-refractivity contribution >= 4 is 41.8 Å². The van der Waals surface area contributed by atoms with Crippen molar-refractivity contribution in [1.29, 1.82) is 0 Å². The van der Waals surface area contributed by atoms with Crippen LogP contribution >= 0.6 is 0 Å². The largest absolute Gasteiger partial charge is 0.504 e. The Bertz CT molecular complexity index is 2950. The molecule has 4 heterocycles. The van der Waals surface area contributed by atoms with Crippen molar-refractivity contribution < 1.29 is 138 Å². The minimum absolute atomic E-state index is 0.338. The van der Waals surface area contributed by atoms with Crippen LogP contribution in [0.4, 0.5) is 0 Å². The first-order valence-electron chi connectivity index (χ1n) is 19.3. The number of cyclic esters (lactones) is 1. The van der Waals surface area contributed by atoms with E-state index in [1.807, 2.05) is 0 Å². The number of aliphatic hydroxyl groups is 1. The maximum Gasteiger partial charge on any atom is 0.377 e. The smallest absolute Gasteiger partial charge is 0.377 e. The molecule has 4 aliphatic heterocycles. The molecule has 4 aromatic carbocycles. The number of aromatic hydroxyl groups is 11. The Hall–Kier alpha value is -9.31. The minimum atomic E-state index is -3.81. The average molecular weight is 971 g/mol. The standard InChI is InChI=1S/C41H30O28/c42-13-1-8(2-14(43)24(13)49)34(55)68-39-33-32-30(65-38(59)12(6-19(47)48)23-22-11(37(58)67-33)5-17(46)27(52)31(22)69-41(23,62)40(60)61)18(64-39)7-63-35(56)9-3-15(44)25(50)28(53)20(9)21-10(36(57)66-32)4-16(45)26(51)29(21)54/h1-5,12,18,23,30,32-33,39,42-46,49-54,62H,6-7H2,(H,47,48)(H,60,61)/t12-,18+,23+,30+,32+,33+,39-,41-/m0/s1. The first-order chi connectivity index (χ1) is 32.4. The first kappa shape index (κ1) is 46.2. The molecule has 1 saturated heterocycles. The van der Waals surface area contributed by atoms with E-state index < -0.39 is 211 Å². The Morgan fingerprint density at radius 2 is 1.12 bits per heavy atom. The highest BCUT2D eigenvalue weighted by Gasteiger charge is 2.64. The van der Waals surface area contributed by atoms with Gasteiger partial charge in [0, 0.05) is 16.7 Å². The number of carboxylic acid groups (broad SMARTS) is 2. The molecule has 14 N–H and O–H groups in total. The topological polar surface area (TPSA) is 467 Å². The summed E-state index contributed by atoms with van der Waals surface area (Å²) in [5.74, 6) is -38.0. The second-order valence-corrected chi connectivity index (χ2v) is 15.4. The Labute approximate surface area is 379 Å². The number of esters is 5. The van der Waals surface area contributed by atoms with Crippen molar-refractivity contribution in [2.75, 3.05) is 6.61 Å². The Morgan fingerprint density at radius 3 is 1.68 bits per heavy atom. The highest BCUT2D eigenvalue weighted by atomic mass is 16.7. The van der Waals surface area contributed by atoms with Gasteiger partial charge in [0.2, 0.25) is 29.6 Å². The number of aliphatic carboxylic acids is 2. The Morgan fingerprint density at radius 1 is 0.609 bits per heavy atom. The lowest BCUT2D eigenvalue weighted by atomic mass is 9.77. The van der Waals surface area contributed by atoms with Gasteiger partial charge in [-0.3, -0.25) is 9.59 Å². The molecule has 4 aliphatic rings. The zero-order valence-electron chi connectivity index (χ0n) is 33.8. The number of carboxylic acids is 2. The normalized spacial score (nSPS) is 24.9. The summed E-state index contributed by atoms with van der Waals surface area (Å²) in [6, 6.07) is 2.20. The molecule has 4 bridgehead atoms. The SMILES string of the molecule is O=C(O)C[C@@H]1C(=O)O[C@H]2[C@H]3OC(=O)c4cc(O)c(O)c(O)c4-c4c(cc(O)c(O)c4O)C(=O)OC[C@H]2O[C@@H](OC(=O)c2cc(O)c(O)c(O)c2)[C@@H]3OC(=O)c2cc(O)c(O)c3c2[C@@H]1[C@@](O)(C(=O)O)O3. The number of benzene rings is 4. The number of ether oxygens (including phenoxy) is 7. The van der Waals surface area contributed by atoms with Crippen LogP contribution in [0, 0.1) is 5.92 Å². The Kier molecular flexibility index (Phi) is 10.9. The quantitative estimate of drug-likeness (QED) is 0.0704. The summed E-state index contributed by atoms with van der Waals surface area (Å²) in [6.45, 7) is -1.36. The van der Waals surface area contributed by atoms with Gasteiger partial charge in [-0.05, 0) is 30.3 Å². The van der Waals surface area contributed by atoms with E-state index in [4.69, 9.17) is 33.2 Å². The van der Waals surface area contributed by atoms with Gasteiger partial charge in [0.15, 0.2) is 64.0 Å². The van der Waals surface area contributed by atoms with Crippen LogP contribution in [-0.4, -0.2) is 156 Å². The number of fused-ring (bicyclic) bond motifs is 3. The number of phenolic OH excluding ortho intramolecular Hbond substituents is 11. The predicted octanol–water partition coefficient (Wildman–Crippen LogP) is -0.116. The molecule has 0 spiro atoms. The summed E-state index contributed by atoms with van der Waals surface area (Å²) in [7, 11) is 0. The number of hydrogen-bond donors (Lipinski definition) is 14. The fraction of sp³-hybridized carbons (Fsp3) is 0.244. The van der Waals surface area contributed by atoms with Gasteiger partial charge in [0.1, 0.15) is 12.7 Å². The molecule has 69 heavy (non-hydrogen) atoms. The molecule has 0 aliphatic carbocycles. The van der Waals surface area contributed by atoms with Gasteiger partial charge in [-0.15, -0.1) is 0 Å². The second-order valence-electron chi connectivity index (χ2n) is 15.4. The number of hydrogen-bond acceptors (Lipinski definition) is 26. The highest BCUT2D eigenvalue weighted by molar-refractivity contribution is 6.08. The zero-order chi connectivity index (χ0) is 50.5. The molecule has 4 aromatic rings. The monoisotopic (exact) mass is 970 g/mol. The molecule has 8 atom stereocenters. The van der Waals surface area contributed by atoms with Gasteiger partial charge in [0.05, 0.1) is 40.5 Å². The fourth-order valence-corrected chi connectivity index (χ4v) is 8.17. The minimum Gasteiger partial charge on any atom is -0.504 e. The third kappa shape index (κ3) is 7.30. The highest BCUT2D eigenvalue weighted by Crippen LogP contribution is 2.58. The van der Waals surface area contributed by atoms with Gasteiger partial charge in [-0.25, -0.2) is 24.0 Å². The summed E-state index contributed by atoms with van der Waals surface area (Å²) in [5, 5.41) is 148. The number of carbonyl (C=O) groups excluding carboxylic acids is 5. The van der Waals surface area contributed by atoms with Gasteiger partial charge >= 0.3 is 47.6 Å². The number of carbonyl (C=O) groups is 7. The molecule has 0 radical (unpaired) electrons. The van der Waals surface area contributed by atoms with E-state index in [9.17, 15) is 105 Å².